The Morgan fingerprint density at radius 3 is 2.65 bits per heavy atom. The monoisotopic (exact) mass is 394 g/mol. The molecule has 0 aliphatic carbocycles. The Morgan fingerprint density at radius 1 is 1.15 bits per heavy atom. The molecular formula is C18H22N2O4S2. The SMILES string of the molecule is O=C(Cc1ccc(S(=O)(=O)N2CCCCC2)s1)Nc1cccc(CO)c1. The van der Waals surface area contributed by atoms with Gasteiger partial charge in [-0.2, -0.15) is 4.31 Å². The Bertz CT molecular complexity index is 871. The van der Waals surface area contributed by atoms with Crippen LogP contribution in [0.15, 0.2) is 40.6 Å². The summed E-state index contributed by atoms with van der Waals surface area (Å²) < 4.78 is 27.2. The highest BCUT2D eigenvalue weighted by atomic mass is 32.2. The van der Waals surface area contributed by atoms with Crippen LogP contribution in [0, 0.1) is 0 Å². The van der Waals surface area contributed by atoms with E-state index in [-0.39, 0.29) is 18.9 Å². The average Bonchev–Trinajstić information content (AvgIpc) is 3.11. The number of carbonyl (C=O) groups excluding carboxylic acids is 1. The Morgan fingerprint density at radius 2 is 1.92 bits per heavy atom. The van der Waals surface area contributed by atoms with Gasteiger partial charge in [-0.15, -0.1) is 11.3 Å². The lowest BCUT2D eigenvalue weighted by atomic mass is 10.2. The van der Waals surface area contributed by atoms with E-state index in [1.807, 2.05) is 0 Å². The van der Waals surface area contributed by atoms with Gasteiger partial charge in [-0.05, 0) is 42.7 Å². The number of rotatable bonds is 6. The third-order valence-corrected chi connectivity index (χ3v) is 7.73. The molecule has 2 heterocycles. The Balaban J connectivity index is 1.65. The molecule has 1 saturated heterocycles. The molecule has 0 unspecified atom stereocenters. The zero-order valence-corrected chi connectivity index (χ0v) is 16.0. The Labute approximate surface area is 157 Å². The third kappa shape index (κ3) is 4.50. The van der Waals surface area contributed by atoms with Crippen molar-refractivity contribution in [2.24, 2.45) is 0 Å². The van der Waals surface area contributed by atoms with Gasteiger partial charge in [-0.25, -0.2) is 8.42 Å². The molecule has 0 saturated carbocycles. The largest absolute Gasteiger partial charge is 0.392 e. The van der Waals surface area contributed by atoms with Crippen molar-refractivity contribution in [2.45, 2.75) is 36.5 Å². The zero-order valence-electron chi connectivity index (χ0n) is 14.3. The highest BCUT2D eigenvalue weighted by Gasteiger charge is 2.27. The van der Waals surface area contributed by atoms with E-state index in [0.29, 0.717) is 33.4 Å². The molecule has 1 fully saturated rings. The highest BCUT2D eigenvalue weighted by molar-refractivity contribution is 7.91. The summed E-state index contributed by atoms with van der Waals surface area (Å²) in [5.74, 6) is -0.219. The Hall–Kier alpha value is -1.74. The Kier molecular flexibility index (Phi) is 6.08. The topological polar surface area (TPSA) is 86.7 Å². The summed E-state index contributed by atoms with van der Waals surface area (Å²) in [6.45, 7) is 1.04. The molecule has 1 aromatic carbocycles. The number of aliphatic hydroxyl groups is 1. The number of carbonyl (C=O) groups is 1. The minimum Gasteiger partial charge on any atom is -0.392 e. The fourth-order valence-corrected chi connectivity index (χ4v) is 5.96. The first kappa shape index (κ1) is 19.0. The first-order chi connectivity index (χ1) is 12.5. The van der Waals surface area contributed by atoms with Crippen LogP contribution in [0.25, 0.3) is 0 Å². The molecule has 3 rings (SSSR count). The normalized spacial score (nSPS) is 15.7. The number of anilines is 1. The van der Waals surface area contributed by atoms with Crippen LogP contribution in [0.2, 0.25) is 0 Å². The summed E-state index contributed by atoms with van der Waals surface area (Å²) in [5.41, 5.74) is 1.33. The number of aliphatic hydroxyl groups excluding tert-OH is 1. The number of piperidine rings is 1. The second-order valence-corrected chi connectivity index (χ2v) is 9.60. The first-order valence-corrected chi connectivity index (χ1v) is 10.8. The van der Waals surface area contributed by atoms with Crippen molar-refractivity contribution in [2.75, 3.05) is 18.4 Å². The van der Waals surface area contributed by atoms with E-state index in [2.05, 4.69) is 5.32 Å². The summed E-state index contributed by atoms with van der Waals surface area (Å²) in [6, 6.07) is 10.3. The van der Waals surface area contributed by atoms with Gasteiger partial charge >= 0.3 is 0 Å². The fourth-order valence-electron chi connectivity index (χ4n) is 2.94. The van der Waals surface area contributed by atoms with Gasteiger partial charge in [0.2, 0.25) is 5.91 Å². The van der Waals surface area contributed by atoms with Gasteiger partial charge in [0.1, 0.15) is 4.21 Å². The van der Waals surface area contributed by atoms with Gasteiger partial charge in [0, 0.05) is 23.7 Å². The van der Waals surface area contributed by atoms with E-state index in [4.69, 9.17) is 5.11 Å². The second kappa shape index (κ2) is 8.30. The van der Waals surface area contributed by atoms with Crippen molar-refractivity contribution in [3.63, 3.8) is 0 Å². The maximum atomic E-state index is 12.7. The van der Waals surface area contributed by atoms with Gasteiger partial charge in [0.15, 0.2) is 0 Å². The molecular weight excluding hydrogens is 372 g/mol. The first-order valence-electron chi connectivity index (χ1n) is 8.57. The number of thiophene rings is 1. The van der Waals surface area contributed by atoms with Crippen molar-refractivity contribution in [3.05, 3.63) is 46.8 Å². The molecule has 0 atom stereocenters. The third-order valence-electron chi connectivity index (χ3n) is 4.27. The van der Waals surface area contributed by atoms with Gasteiger partial charge in [0.25, 0.3) is 10.0 Å². The molecule has 26 heavy (non-hydrogen) atoms. The quantitative estimate of drug-likeness (QED) is 0.788. The highest BCUT2D eigenvalue weighted by Crippen LogP contribution is 2.27. The molecule has 0 spiro atoms. The van der Waals surface area contributed by atoms with Crippen LogP contribution in [0.4, 0.5) is 5.69 Å². The van der Waals surface area contributed by atoms with Crippen LogP contribution in [-0.4, -0.2) is 36.8 Å². The summed E-state index contributed by atoms with van der Waals surface area (Å²) in [4.78, 5) is 12.9. The van der Waals surface area contributed by atoms with Crippen LogP contribution < -0.4 is 5.32 Å². The molecule has 1 aliphatic heterocycles. The van der Waals surface area contributed by atoms with E-state index in [9.17, 15) is 13.2 Å². The standard InChI is InChI=1S/C18H22N2O4S2/c21-13-14-5-4-6-15(11-14)19-17(22)12-16-7-8-18(25-16)26(23,24)20-9-2-1-3-10-20/h4-8,11,21H,1-3,9-10,12-13H2,(H,19,22). The van der Waals surface area contributed by atoms with Gasteiger partial charge in [0.05, 0.1) is 13.0 Å². The van der Waals surface area contributed by atoms with Crippen LogP contribution in [0.5, 0.6) is 0 Å². The molecule has 2 N–H and O–H groups in total. The maximum absolute atomic E-state index is 12.7. The number of hydrogen-bond donors (Lipinski definition) is 2. The fraction of sp³-hybridized carbons (Fsp3) is 0.389. The van der Waals surface area contributed by atoms with E-state index in [0.717, 1.165) is 30.6 Å². The van der Waals surface area contributed by atoms with Crippen molar-refractivity contribution >= 4 is 33.0 Å². The lowest BCUT2D eigenvalue weighted by Crippen LogP contribution is -2.35. The van der Waals surface area contributed by atoms with Crippen molar-refractivity contribution in [1.82, 2.24) is 4.31 Å². The molecule has 6 nitrogen and oxygen atoms in total. The predicted octanol–water partition coefficient (Wildman–Crippen LogP) is 2.60. The molecule has 1 aromatic heterocycles. The maximum Gasteiger partial charge on any atom is 0.252 e. The molecule has 2 aromatic rings. The molecule has 140 valence electrons. The molecule has 1 aliphatic rings. The smallest absolute Gasteiger partial charge is 0.252 e. The van der Waals surface area contributed by atoms with Crippen molar-refractivity contribution in [1.29, 1.82) is 0 Å². The number of nitrogens with zero attached hydrogens (tertiary/aromatic N) is 1. The second-order valence-electron chi connectivity index (χ2n) is 6.27. The van der Waals surface area contributed by atoms with Crippen LogP contribution in [-0.2, 0) is 27.8 Å². The van der Waals surface area contributed by atoms with Crippen LogP contribution in [0.3, 0.4) is 0 Å². The number of nitrogens with one attached hydrogen (secondary N) is 1. The summed E-state index contributed by atoms with van der Waals surface area (Å²) in [5, 5.41) is 11.9. The summed E-state index contributed by atoms with van der Waals surface area (Å²) >= 11 is 1.15. The van der Waals surface area contributed by atoms with Gasteiger partial charge < -0.3 is 10.4 Å². The van der Waals surface area contributed by atoms with Crippen LogP contribution >= 0.6 is 11.3 Å². The lowest BCUT2D eigenvalue weighted by molar-refractivity contribution is -0.115. The molecule has 0 bridgehead atoms. The van der Waals surface area contributed by atoms with Gasteiger partial charge in [-0.1, -0.05) is 18.6 Å². The van der Waals surface area contributed by atoms with E-state index in [1.54, 1.807) is 36.4 Å². The van der Waals surface area contributed by atoms with Crippen molar-refractivity contribution < 1.29 is 18.3 Å². The molecule has 8 heteroatoms. The van der Waals surface area contributed by atoms with Crippen molar-refractivity contribution in [3.8, 4) is 0 Å². The zero-order chi connectivity index (χ0) is 18.6. The van der Waals surface area contributed by atoms with E-state index < -0.39 is 10.0 Å². The minimum absolute atomic E-state index is 0.0909. The summed E-state index contributed by atoms with van der Waals surface area (Å²) in [7, 11) is -3.45. The summed E-state index contributed by atoms with van der Waals surface area (Å²) in [6.07, 6.45) is 2.97. The number of sulfonamides is 1. The van der Waals surface area contributed by atoms with E-state index in [1.165, 1.54) is 4.31 Å². The number of benzene rings is 1. The molecule has 0 radical (unpaired) electrons. The lowest BCUT2D eigenvalue weighted by Gasteiger charge is -2.25. The average molecular weight is 395 g/mol. The van der Waals surface area contributed by atoms with Crippen LogP contribution in [0.1, 0.15) is 29.7 Å². The molecule has 1 amide bonds. The minimum atomic E-state index is -3.45. The van der Waals surface area contributed by atoms with Gasteiger partial charge in [-0.3, -0.25) is 4.79 Å². The number of amides is 1. The predicted molar refractivity (Wildman–Crippen MR) is 102 cm³/mol. The van der Waals surface area contributed by atoms with E-state index >= 15 is 0 Å². The number of hydrogen-bond acceptors (Lipinski definition) is 5.